The molecule has 0 atom stereocenters. The number of Topliss-reactive ketones (excluding diaryl/α,β-unsaturated/α-hetero) is 1. The van der Waals surface area contributed by atoms with Gasteiger partial charge in [0.15, 0.2) is 5.78 Å². The van der Waals surface area contributed by atoms with Gasteiger partial charge in [-0.1, -0.05) is 12.1 Å². The highest BCUT2D eigenvalue weighted by Crippen LogP contribution is 2.35. The van der Waals surface area contributed by atoms with Gasteiger partial charge in [-0.05, 0) is 35.6 Å². The van der Waals surface area contributed by atoms with Crippen LogP contribution in [0, 0.1) is 0 Å². The molecule has 3 heterocycles. The number of carbonyl (C=O) groups is 2. The van der Waals surface area contributed by atoms with Gasteiger partial charge in [0.25, 0.3) is 0 Å². The molecule has 4 rings (SSSR count). The Hall–Kier alpha value is -2.73. The lowest BCUT2D eigenvalue weighted by Gasteiger charge is -2.07. The summed E-state index contributed by atoms with van der Waals surface area (Å²) in [5.74, 6) is -0.0379. The molecule has 1 aliphatic rings. The van der Waals surface area contributed by atoms with E-state index in [2.05, 4.69) is 10.4 Å². The van der Waals surface area contributed by atoms with Gasteiger partial charge in [0.1, 0.15) is 0 Å². The molecule has 0 aromatic carbocycles. The number of thiophene rings is 1. The lowest BCUT2D eigenvalue weighted by molar-refractivity contribution is -0.122. The van der Waals surface area contributed by atoms with E-state index in [0.717, 1.165) is 28.0 Å². The molecule has 1 aliphatic carbocycles. The van der Waals surface area contributed by atoms with E-state index in [1.807, 2.05) is 41.9 Å². The summed E-state index contributed by atoms with van der Waals surface area (Å²) >= 11 is 1.61. The number of nitrogens with one attached hydrogen (secondary N) is 1. The zero-order valence-corrected chi connectivity index (χ0v) is 14.4. The van der Waals surface area contributed by atoms with Crippen LogP contribution < -0.4 is 5.32 Å². The number of aromatic nitrogens is 2. The average molecular weight is 351 g/mol. The van der Waals surface area contributed by atoms with Crippen molar-refractivity contribution in [3.05, 3.63) is 64.1 Å². The van der Waals surface area contributed by atoms with Crippen LogP contribution >= 0.6 is 11.3 Å². The minimum Gasteiger partial charge on any atom is -0.352 e. The summed E-state index contributed by atoms with van der Waals surface area (Å²) in [5, 5.41) is 9.17. The van der Waals surface area contributed by atoms with E-state index in [9.17, 15) is 9.59 Å². The van der Waals surface area contributed by atoms with E-state index in [-0.39, 0.29) is 18.1 Å². The largest absolute Gasteiger partial charge is 0.352 e. The summed E-state index contributed by atoms with van der Waals surface area (Å²) in [7, 11) is 0. The van der Waals surface area contributed by atoms with Gasteiger partial charge in [0.05, 0.1) is 18.1 Å². The van der Waals surface area contributed by atoms with Gasteiger partial charge in [-0.2, -0.15) is 5.10 Å². The summed E-state index contributed by atoms with van der Waals surface area (Å²) < 4.78 is 1.78. The Morgan fingerprint density at radius 1 is 1.24 bits per heavy atom. The molecule has 0 saturated heterocycles. The molecule has 1 N–H and O–H groups in total. The summed E-state index contributed by atoms with van der Waals surface area (Å²) in [6.45, 7) is 0.405. The number of hydrogen-bond acceptors (Lipinski definition) is 4. The van der Waals surface area contributed by atoms with Crippen molar-refractivity contribution in [1.29, 1.82) is 0 Å². The molecular weight excluding hydrogens is 334 g/mol. The van der Waals surface area contributed by atoms with Crippen molar-refractivity contribution >= 4 is 34.1 Å². The molecule has 0 aliphatic heterocycles. The van der Waals surface area contributed by atoms with Crippen LogP contribution in [0.1, 0.15) is 29.7 Å². The Morgan fingerprint density at radius 2 is 2.16 bits per heavy atom. The summed E-state index contributed by atoms with van der Waals surface area (Å²) in [4.78, 5) is 25.6. The second-order valence-corrected chi connectivity index (χ2v) is 6.96. The van der Waals surface area contributed by atoms with Gasteiger partial charge in [-0.15, -0.1) is 11.3 Å². The van der Waals surface area contributed by atoms with E-state index in [1.54, 1.807) is 22.0 Å². The monoisotopic (exact) mass is 351 g/mol. The highest BCUT2D eigenvalue weighted by atomic mass is 32.1. The molecule has 1 amide bonds. The fourth-order valence-electron chi connectivity index (χ4n) is 3.18. The Kier molecular flexibility index (Phi) is 4.19. The Labute approximate surface area is 149 Å². The van der Waals surface area contributed by atoms with Gasteiger partial charge in [-0.3, -0.25) is 9.59 Å². The van der Waals surface area contributed by atoms with E-state index in [1.165, 1.54) is 0 Å². The van der Waals surface area contributed by atoms with Crippen molar-refractivity contribution in [3.8, 4) is 0 Å². The number of fused-ring (bicyclic) bond motifs is 1. The van der Waals surface area contributed by atoms with Gasteiger partial charge >= 0.3 is 0 Å². The quantitative estimate of drug-likeness (QED) is 0.768. The standard InChI is InChI=1S/C19H17N3O2S/c23-17-7-6-14(18-5-3-9-25-18)15(17)10-19(24)20-11-13-12-21-22-8-2-1-4-16(13)22/h1-5,8-9,12H,6-7,10-11H2,(H,20,24). The average Bonchev–Trinajstić information content (AvgIpc) is 3.34. The number of amides is 1. The molecule has 3 aromatic rings. The van der Waals surface area contributed by atoms with Crippen LogP contribution in [0.2, 0.25) is 0 Å². The molecule has 3 aromatic heterocycles. The summed E-state index contributed by atoms with van der Waals surface area (Å²) in [6.07, 6.45) is 5.01. The second-order valence-electron chi connectivity index (χ2n) is 6.01. The van der Waals surface area contributed by atoms with Crippen molar-refractivity contribution in [2.75, 3.05) is 0 Å². The van der Waals surface area contributed by atoms with Crippen LogP contribution in [0.15, 0.2) is 53.7 Å². The highest BCUT2D eigenvalue weighted by Gasteiger charge is 2.26. The molecule has 0 radical (unpaired) electrons. The first-order valence-electron chi connectivity index (χ1n) is 8.19. The third-order valence-corrected chi connectivity index (χ3v) is 5.37. The number of hydrogen-bond donors (Lipinski definition) is 1. The fourth-order valence-corrected chi connectivity index (χ4v) is 4.01. The number of allylic oxidation sites excluding steroid dienone is 1. The van der Waals surface area contributed by atoms with Gasteiger partial charge in [-0.25, -0.2) is 4.52 Å². The van der Waals surface area contributed by atoms with Crippen LogP contribution in [-0.4, -0.2) is 21.3 Å². The lowest BCUT2D eigenvalue weighted by Crippen LogP contribution is -2.23. The third kappa shape index (κ3) is 3.13. The predicted octanol–water partition coefficient (Wildman–Crippen LogP) is 3.22. The third-order valence-electron chi connectivity index (χ3n) is 4.44. The molecule has 6 heteroatoms. The normalized spacial score (nSPS) is 14.5. The maximum absolute atomic E-state index is 12.4. The first-order chi connectivity index (χ1) is 12.2. The smallest absolute Gasteiger partial charge is 0.224 e. The molecule has 25 heavy (non-hydrogen) atoms. The minimum absolute atomic E-state index is 0.0922. The van der Waals surface area contributed by atoms with E-state index >= 15 is 0 Å². The molecule has 126 valence electrons. The van der Waals surface area contributed by atoms with E-state index in [4.69, 9.17) is 0 Å². The minimum atomic E-state index is -0.130. The molecule has 0 bridgehead atoms. The maximum atomic E-state index is 12.4. The zero-order valence-electron chi connectivity index (χ0n) is 13.6. The molecule has 0 spiro atoms. The topological polar surface area (TPSA) is 63.5 Å². The number of ketones is 1. The molecule has 0 fully saturated rings. The first-order valence-corrected chi connectivity index (χ1v) is 9.07. The number of rotatable bonds is 5. The van der Waals surface area contributed by atoms with Crippen LogP contribution in [-0.2, 0) is 16.1 Å². The van der Waals surface area contributed by atoms with Crippen molar-refractivity contribution in [1.82, 2.24) is 14.9 Å². The second kappa shape index (κ2) is 6.64. The summed E-state index contributed by atoms with van der Waals surface area (Å²) in [5.41, 5.74) is 3.63. The fraction of sp³-hybridized carbons (Fsp3) is 0.211. The van der Waals surface area contributed by atoms with Crippen LogP contribution in [0.3, 0.4) is 0 Å². The molecule has 0 unspecified atom stereocenters. The summed E-state index contributed by atoms with van der Waals surface area (Å²) in [6, 6.07) is 9.80. The first kappa shape index (κ1) is 15.8. The van der Waals surface area contributed by atoms with Crippen molar-refractivity contribution in [3.63, 3.8) is 0 Å². The van der Waals surface area contributed by atoms with E-state index in [0.29, 0.717) is 18.5 Å². The predicted molar refractivity (Wildman–Crippen MR) is 97.1 cm³/mol. The Balaban J connectivity index is 1.46. The maximum Gasteiger partial charge on any atom is 0.224 e. The Morgan fingerprint density at radius 3 is 3.00 bits per heavy atom. The van der Waals surface area contributed by atoms with Crippen LogP contribution in [0.25, 0.3) is 11.1 Å². The van der Waals surface area contributed by atoms with Gasteiger partial charge in [0.2, 0.25) is 5.91 Å². The number of nitrogens with zero attached hydrogens (tertiary/aromatic N) is 2. The highest BCUT2D eigenvalue weighted by molar-refractivity contribution is 7.11. The van der Waals surface area contributed by atoms with Gasteiger partial charge < -0.3 is 5.32 Å². The van der Waals surface area contributed by atoms with Gasteiger partial charge in [0, 0.05) is 35.2 Å². The van der Waals surface area contributed by atoms with Crippen LogP contribution in [0.4, 0.5) is 0 Å². The van der Waals surface area contributed by atoms with Crippen LogP contribution in [0.5, 0.6) is 0 Å². The molecule has 0 saturated carbocycles. The zero-order chi connectivity index (χ0) is 17.2. The van der Waals surface area contributed by atoms with Crippen molar-refractivity contribution < 1.29 is 9.59 Å². The molecule has 5 nitrogen and oxygen atoms in total. The molecular formula is C19H17N3O2S. The van der Waals surface area contributed by atoms with Crippen molar-refractivity contribution in [2.24, 2.45) is 0 Å². The van der Waals surface area contributed by atoms with E-state index < -0.39 is 0 Å². The number of carbonyl (C=O) groups excluding carboxylic acids is 2. The lowest BCUT2D eigenvalue weighted by atomic mass is 10.1. The number of pyridine rings is 1. The Bertz CT molecular complexity index is 970. The van der Waals surface area contributed by atoms with Crippen molar-refractivity contribution in [2.45, 2.75) is 25.8 Å². The SMILES string of the molecule is O=C(CC1=C(c2cccs2)CCC1=O)NCc1cnn2ccccc12.